The smallest absolute Gasteiger partial charge is 0.123 e. The number of aliphatic hydroxyl groups is 1. The largest absolute Gasteiger partial charge is 0.387 e. The van der Waals surface area contributed by atoms with Crippen LogP contribution in [0.25, 0.3) is 0 Å². The lowest BCUT2D eigenvalue weighted by Crippen LogP contribution is -2.28. The van der Waals surface area contributed by atoms with Gasteiger partial charge in [-0.25, -0.2) is 4.39 Å². The van der Waals surface area contributed by atoms with E-state index in [2.05, 4.69) is 18.7 Å². The van der Waals surface area contributed by atoms with Gasteiger partial charge in [-0.3, -0.25) is 4.90 Å². The van der Waals surface area contributed by atoms with Crippen LogP contribution in [0, 0.1) is 11.7 Å². The summed E-state index contributed by atoms with van der Waals surface area (Å²) in [7, 11) is 0. The van der Waals surface area contributed by atoms with Crippen LogP contribution in [-0.2, 0) is 4.74 Å². The molecule has 0 radical (unpaired) electrons. The van der Waals surface area contributed by atoms with E-state index in [1.807, 2.05) is 0 Å². The third kappa shape index (κ3) is 4.54. The van der Waals surface area contributed by atoms with Gasteiger partial charge < -0.3 is 9.84 Å². The van der Waals surface area contributed by atoms with Gasteiger partial charge in [-0.2, -0.15) is 0 Å². The third-order valence-corrected chi connectivity index (χ3v) is 3.58. The van der Waals surface area contributed by atoms with E-state index in [1.165, 1.54) is 12.1 Å². The quantitative estimate of drug-likeness (QED) is 0.870. The molecule has 20 heavy (non-hydrogen) atoms. The van der Waals surface area contributed by atoms with Crippen LogP contribution >= 0.6 is 0 Å². The molecule has 1 aliphatic heterocycles. The van der Waals surface area contributed by atoms with Gasteiger partial charge in [-0.15, -0.1) is 0 Å². The fourth-order valence-electron chi connectivity index (χ4n) is 2.46. The third-order valence-electron chi connectivity index (χ3n) is 3.58. The molecule has 0 aliphatic carbocycles. The van der Waals surface area contributed by atoms with Crippen molar-refractivity contribution in [2.75, 3.05) is 26.2 Å². The van der Waals surface area contributed by atoms with Crippen LogP contribution in [0.1, 0.15) is 31.9 Å². The molecule has 2 atom stereocenters. The summed E-state index contributed by atoms with van der Waals surface area (Å²) in [5.41, 5.74) is 0.762. The van der Waals surface area contributed by atoms with E-state index in [1.54, 1.807) is 12.1 Å². The van der Waals surface area contributed by atoms with Gasteiger partial charge in [0.25, 0.3) is 0 Å². The van der Waals surface area contributed by atoms with E-state index < -0.39 is 6.10 Å². The molecule has 1 aromatic rings. The van der Waals surface area contributed by atoms with E-state index in [-0.39, 0.29) is 11.9 Å². The van der Waals surface area contributed by atoms with Crippen molar-refractivity contribution in [1.29, 1.82) is 0 Å². The van der Waals surface area contributed by atoms with Crippen LogP contribution in [0.4, 0.5) is 4.39 Å². The van der Waals surface area contributed by atoms with Gasteiger partial charge in [0.2, 0.25) is 0 Å². The number of ether oxygens (including phenoxy) is 1. The SMILES string of the molecule is CC(C)COC1CCN(CC(O)c2ccc(F)cc2)C1. The molecule has 0 saturated carbocycles. The Morgan fingerprint density at radius 2 is 2.05 bits per heavy atom. The molecular formula is C16H24FNO2. The van der Waals surface area contributed by atoms with Gasteiger partial charge >= 0.3 is 0 Å². The fourth-order valence-corrected chi connectivity index (χ4v) is 2.46. The van der Waals surface area contributed by atoms with Crippen molar-refractivity contribution in [3.8, 4) is 0 Å². The average molecular weight is 281 g/mol. The van der Waals surface area contributed by atoms with Crippen LogP contribution in [0.15, 0.2) is 24.3 Å². The average Bonchev–Trinajstić information content (AvgIpc) is 2.84. The Bertz CT molecular complexity index is 407. The topological polar surface area (TPSA) is 32.7 Å². The molecule has 0 spiro atoms. The van der Waals surface area contributed by atoms with Crippen LogP contribution in [-0.4, -0.2) is 42.4 Å². The van der Waals surface area contributed by atoms with Crippen molar-refractivity contribution >= 4 is 0 Å². The fraction of sp³-hybridized carbons (Fsp3) is 0.625. The zero-order valence-corrected chi connectivity index (χ0v) is 12.3. The zero-order valence-electron chi connectivity index (χ0n) is 12.3. The predicted octanol–water partition coefficient (Wildman–Crippen LogP) is 2.61. The molecule has 1 heterocycles. The lowest BCUT2D eigenvalue weighted by Gasteiger charge is -2.20. The number of hydrogen-bond acceptors (Lipinski definition) is 3. The van der Waals surface area contributed by atoms with Gasteiger partial charge in [0.15, 0.2) is 0 Å². The van der Waals surface area contributed by atoms with E-state index in [0.717, 1.165) is 31.7 Å². The van der Waals surface area contributed by atoms with E-state index >= 15 is 0 Å². The first kappa shape index (κ1) is 15.4. The molecule has 1 fully saturated rings. The molecule has 0 aromatic heterocycles. The van der Waals surface area contributed by atoms with Gasteiger partial charge in [-0.05, 0) is 30.0 Å². The number of likely N-dealkylation sites (tertiary alicyclic amines) is 1. The molecule has 3 nitrogen and oxygen atoms in total. The second-order valence-electron chi connectivity index (χ2n) is 5.96. The van der Waals surface area contributed by atoms with Crippen LogP contribution in [0.3, 0.4) is 0 Å². The maximum absolute atomic E-state index is 12.8. The number of rotatable bonds is 6. The molecule has 1 N–H and O–H groups in total. The van der Waals surface area contributed by atoms with Crippen molar-refractivity contribution in [3.63, 3.8) is 0 Å². The summed E-state index contributed by atoms with van der Waals surface area (Å²) in [6.45, 7) is 7.47. The number of β-amino-alcohol motifs (C(OH)–C–C–N with tert-alkyl or cyclic N) is 1. The van der Waals surface area contributed by atoms with Gasteiger partial charge in [0.1, 0.15) is 5.82 Å². The highest BCUT2D eigenvalue weighted by Gasteiger charge is 2.25. The molecule has 2 unspecified atom stereocenters. The monoisotopic (exact) mass is 281 g/mol. The summed E-state index contributed by atoms with van der Waals surface area (Å²) >= 11 is 0. The first-order chi connectivity index (χ1) is 9.54. The first-order valence-electron chi connectivity index (χ1n) is 7.32. The van der Waals surface area contributed by atoms with Crippen molar-refractivity contribution in [2.24, 2.45) is 5.92 Å². The maximum Gasteiger partial charge on any atom is 0.123 e. The molecule has 1 saturated heterocycles. The first-order valence-corrected chi connectivity index (χ1v) is 7.32. The van der Waals surface area contributed by atoms with Crippen LogP contribution in [0.2, 0.25) is 0 Å². The molecule has 2 rings (SSSR count). The Morgan fingerprint density at radius 1 is 1.35 bits per heavy atom. The van der Waals surface area contributed by atoms with E-state index in [4.69, 9.17) is 4.74 Å². The highest BCUT2D eigenvalue weighted by atomic mass is 19.1. The normalized spacial score (nSPS) is 21.6. The van der Waals surface area contributed by atoms with Crippen LogP contribution in [0.5, 0.6) is 0 Å². The summed E-state index contributed by atoms with van der Waals surface area (Å²) < 4.78 is 18.7. The molecular weight excluding hydrogens is 257 g/mol. The summed E-state index contributed by atoms with van der Waals surface area (Å²) in [5, 5.41) is 10.2. The summed E-state index contributed by atoms with van der Waals surface area (Å²) in [4.78, 5) is 2.21. The molecule has 4 heteroatoms. The zero-order chi connectivity index (χ0) is 14.5. The van der Waals surface area contributed by atoms with E-state index in [9.17, 15) is 9.50 Å². The van der Waals surface area contributed by atoms with Crippen molar-refractivity contribution in [2.45, 2.75) is 32.5 Å². The molecule has 1 aliphatic rings. The van der Waals surface area contributed by atoms with Crippen molar-refractivity contribution in [3.05, 3.63) is 35.6 Å². The number of nitrogens with zero attached hydrogens (tertiary/aromatic N) is 1. The molecule has 112 valence electrons. The highest BCUT2D eigenvalue weighted by Crippen LogP contribution is 2.19. The number of benzene rings is 1. The minimum absolute atomic E-state index is 0.274. The lowest BCUT2D eigenvalue weighted by atomic mass is 10.1. The van der Waals surface area contributed by atoms with Crippen molar-refractivity contribution < 1.29 is 14.2 Å². The summed E-state index contributed by atoms with van der Waals surface area (Å²) in [5.74, 6) is 0.276. The molecule has 1 aromatic carbocycles. The number of aliphatic hydroxyl groups excluding tert-OH is 1. The number of halogens is 1. The Balaban J connectivity index is 1.78. The Hall–Kier alpha value is -0.970. The Morgan fingerprint density at radius 3 is 2.70 bits per heavy atom. The molecule has 0 amide bonds. The predicted molar refractivity (Wildman–Crippen MR) is 77.0 cm³/mol. The highest BCUT2D eigenvalue weighted by molar-refractivity contribution is 5.18. The summed E-state index contributed by atoms with van der Waals surface area (Å²) in [6.07, 6.45) is 0.723. The van der Waals surface area contributed by atoms with Gasteiger partial charge in [0.05, 0.1) is 12.2 Å². The lowest BCUT2D eigenvalue weighted by molar-refractivity contribution is 0.0373. The van der Waals surface area contributed by atoms with Gasteiger partial charge in [-0.1, -0.05) is 26.0 Å². The van der Waals surface area contributed by atoms with Crippen molar-refractivity contribution in [1.82, 2.24) is 4.90 Å². The maximum atomic E-state index is 12.8. The summed E-state index contributed by atoms with van der Waals surface area (Å²) in [6, 6.07) is 6.06. The number of hydrogen-bond donors (Lipinski definition) is 1. The second kappa shape index (κ2) is 7.16. The van der Waals surface area contributed by atoms with Gasteiger partial charge in [0, 0.05) is 26.2 Å². The van der Waals surface area contributed by atoms with Crippen LogP contribution < -0.4 is 0 Å². The van der Waals surface area contributed by atoms with E-state index in [0.29, 0.717) is 12.5 Å². The Labute approximate surface area is 120 Å². The minimum Gasteiger partial charge on any atom is -0.387 e. The molecule has 0 bridgehead atoms. The minimum atomic E-state index is -0.570. The standard InChI is InChI=1S/C16H24FNO2/c1-12(2)11-20-15-7-8-18(9-15)10-16(19)13-3-5-14(17)6-4-13/h3-6,12,15-16,19H,7-11H2,1-2H3. The second-order valence-corrected chi connectivity index (χ2v) is 5.96. The Kier molecular flexibility index (Phi) is 5.52.